The first-order chi connectivity index (χ1) is 10.7. The molecule has 5 heteroatoms. The number of hydrazone groups is 1. The summed E-state index contributed by atoms with van der Waals surface area (Å²) in [6.07, 6.45) is 0. The second kappa shape index (κ2) is 5.73. The van der Waals surface area contributed by atoms with E-state index in [2.05, 4.69) is 10.5 Å². The Bertz CT molecular complexity index is 899. The first-order valence-electron chi connectivity index (χ1n) is 6.75. The van der Waals surface area contributed by atoms with Gasteiger partial charge in [0, 0.05) is 5.39 Å². The Balaban J connectivity index is 2.04. The fourth-order valence-corrected chi connectivity index (χ4v) is 2.15. The van der Waals surface area contributed by atoms with Gasteiger partial charge in [-0.3, -0.25) is 5.43 Å². The van der Waals surface area contributed by atoms with Crippen LogP contribution in [0.3, 0.4) is 0 Å². The second-order valence-electron chi connectivity index (χ2n) is 4.76. The minimum Gasteiger partial charge on any atom is -0.871 e. The van der Waals surface area contributed by atoms with E-state index in [0.717, 1.165) is 5.69 Å². The molecule has 22 heavy (non-hydrogen) atoms. The molecule has 1 heterocycles. The third kappa shape index (κ3) is 2.56. The van der Waals surface area contributed by atoms with Crippen LogP contribution in [0.25, 0.3) is 11.0 Å². The first-order valence-corrected chi connectivity index (χ1v) is 6.75. The van der Waals surface area contributed by atoms with E-state index in [1.54, 1.807) is 31.2 Å². The van der Waals surface area contributed by atoms with Crippen molar-refractivity contribution < 1.29 is 9.52 Å². The van der Waals surface area contributed by atoms with Crippen LogP contribution in [0.15, 0.2) is 68.9 Å². The Morgan fingerprint density at radius 3 is 2.55 bits per heavy atom. The van der Waals surface area contributed by atoms with E-state index < -0.39 is 5.63 Å². The molecule has 0 fully saturated rings. The number of fused-ring (bicyclic) bond motifs is 1. The van der Waals surface area contributed by atoms with Gasteiger partial charge in [-0.2, -0.15) is 5.10 Å². The van der Waals surface area contributed by atoms with Crippen molar-refractivity contribution in [3.63, 3.8) is 0 Å². The summed E-state index contributed by atoms with van der Waals surface area (Å²) in [5.41, 5.74) is 3.41. The van der Waals surface area contributed by atoms with E-state index in [9.17, 15) is 9.90 Å². The number of rotatable bonds is 3. The number of anilines is 1. The smallest absolute Gasteiger partial charge is 0.344 e. The number of nitrogens with one attached hydrogen (secondary N) is 1. The molecule has 0 aliphatic heterocycles. The van der Waals surface area contributed by atoms with Crippen LogP contribution >= 0.6 is 0 Å². The first kappa shape index (κ1) is 13.9. The standard InChI is InChI=1S/C17H14N2O3/c1-11(18-19-12-7-3-2-4-8-12)15-16(20)13-9-5-6-10-14(13)22-17(15)21/h2-10,19-20H,1H3/p-1/b18-11-. The van der Waals surface area contributed by atoms with Crippen LogP contribution in [-0.4, -0.2) is 5.71 Å². The molecule has 0 atom stereocenters. The van der Waals surface area contributed by atoms with Crippen molar-refractivity contribution in [1.82, 2.24) is 0 Å². The monoisotopic (exact) mass is 293 g/mol. The minimum absolute atomic E-state index is 0.0536. The summed E-state index contributed by atoms with van der Waals surface area (Å²) < 4.78 is 5.18. The van der Waals surface area contributed by atoms with Gasteiger partial charge in [0.15, 0.2) is 0 Å². The molecule has 3 aromatic rings. The van der Waals surface area contributed by atoms with Gasteiger partial charge in [0.1, 0.15) is 5.58 Å². The molecule has 0 aliphatic rings. The molecule has 1 aromatic heterocycles. The van der Waals surface area contributed by atoms with Gasteiger partial charge in [-0.05, 0) is 25.1 Å². The molecule has 0 radical (unpaired) electrons. The van der Waals surface area contributed by atoms with Gasteiger partial charge in [0.2, 0.25) is 0 Å². The fraction of sp³-hybridized carbons (Fsp3) is 0.0588. The molecule has 0 amide bonds. The van der Waals surface area contributed by atoms with Crippen molar-refractivity contribution in [3.05, 3.63) is 70.6 Å². The molecule has 0 saturated heterocycles. The van der Waals surface area contributed by atoms with Gasteiger partial charge in [-0.15, -0.1) is 0 Å². The van der Waals surface area contributed by atoms with Crippen LogP contribution in [-0.2, 0) is 0 Å². The fourth-order valence-electron chi connectivity index (χ4n) is 2.15. The van der Waals surface area contributed by atoms with Crippen molar-refractivity contribution in [2.24, 2.45) is 5.10 Å². The summed E-state index contributed by atoms with van der Waals surface area (Å²) in [6.45, 7) is 1.60. The number of nitrogens with zero attached hydrogens (tertiary/aromatic N) is 1. The number of hydrogen-bond acceptors (Lipinski definition) is 5. The third-order valence-electron chi connectivity index (χ3n) is 3.25. The molecule has 2 aromatic carbocycles. The molecule has 110 valence electrons. The molecule has 1 N–H and O–H groups in total. The lowest BCUT2D eigenvalue weighted by molar-refractivity contribution is -0.266. The Morgan fingerprint density at radius 1 is 1.09 bits per heavy atom. The summed E-state index contributed by atoms with van der Waals surface area (Å²) in [5, 5.41) is 16.9. The summed E-state index contributed by atoms with van der Waals surface area (Å²) in [5.74, 6) is -0.372. The summed E-state index contributed by atoms with van der Waals surface area (Å²) in [7, 11) is 0. The van der Waals surface area contributed by atoms with Crippen LogP contribution in [0, 0.1) is 0 Å². The Kier molecular flexibility index (Phi) is 3.62. The highest BCUT2D eigenvalue weighted by Crippen LogP contribution is 2.23. The van der Waals surface area contributed by atoms with E-state index in [0.29, 0.717) is 5.39 Å². The molecule has 5 nitrogen and oxygen atoms in total. The van der Waals surface area contributed by atoms with Crippen LogP contribution in [0.2, 0.25) is 0 Å². The average Bonchev–Trinajstić information content (AvgIpc) is 2.54. The maximum atomic E-state index is 12.4. The lowest BCUT2D eigenvalue weighted by Crippen LogP contribution is -2.17. The van der Waals surface area contributed by atoms with Crippen molar-refractivity contribution in [3.8, 4) is 5.75 Å². The highest BCUT2D eigenvalue weighted by molar-refractivity contribution is 6.04. The van der Waals surface area contributed by atoms with E-state index in [1.165, 1.54) is 0 Å². The minimum atomic E-state index is -0.681. The van der Waals surface area contributed by atoms with Gasteiger partial charge in [0.25, 0.3) is 0 Å². The lowest BCUT2D eigenvalue weighted by Gasteiger charge is -2.14. The summed E-state index contributed by atoms with van der Waals surface area (Å²) >= 11 is 0. The molecule has 0 bridgehead atoms. The molecule has 3 rings (SSSR count). The van der Waals surface area contributed by atoms with Gasteiger partial charge in [-0.1, -0.05) is 42.1 Å². The zero-order valence-electron chi connectivity index (χ0n) is 11.9. The van der Waals surface area contributed by atoms with Gasteiger partial charge >= 0.3 is 5.63 Å². The van der Waals surface area contributed by atoms with Crippen LogP contribution < -0.4 is 16.2 Å². The predicted molar refractivity (Wildman–Crippen MR) is 84.2 cm³/mol. The summed E-state index contributed by atoms with van der Waals surface area (Å²) in [4.78, 5) is 12.0. The largest absolute Gasteiger partial charge is 0.871 e. The van der Waals surface area contributed by atoms with Crippen molar-refractivity contribution >= 4 is 22.4 Å². The molecule has 0 unspecified atom stereocenters. The van der Waals surface area contributed by atoms with Crippen molar-refractivity contribution in [2.75, 3.05) is 5.43 Å². The normalized spacial score (nSPS) is 11.6. The Labute approximate surface area is 126 Å². The maximum Gasteiger partial charge on any atom is 0.344 e. The van der Waals surface area contributed by atoms with Crippen LogP contribution in [0.4, 0.5) is 5.69 Å². The van der Waals surface area contributed by atoms with Crippen LogP contribution in [0.5, 0.6) is 5.75 Å². The van der Waals surface area contributed by atoms with Crippen molar-refractivity contribution in [1.29, 1.82) is 0 Å². The lowest BCUT2D eigenvalue weighted by atomic mass is 10.1. The Morgan fingerprint density at radius 2 is 1.77 bits per heavy atom. The van der Waals surface area contributed by atoms with Crippen molar-refractivity contribution in [2.45, 2.75) is 6.92 Å². The van der Waals surface area contributed by atoms with Gasteiger partial charge < -0.3 is 9.52 Å². The highest BCUT2D eigenvalue weighted by Gasteiger charge is 2.10. The molecular weight excluding hydrogens is 280 g/mol. The maximum absolute atomic E-state index is 12.4. The topological polar surface area (TPSA) is 77.7 Å². The predicted octanol–water partition coefficient (Wildman–Crippen LogP) is 2.70. The summed E-state index contributed by atoms with van der Waals surface area (Å²) in [6, 6.07) is 15.9. The number of benzene rings is 2. The zero-order chi connectivity index (χ0) is 15.5. The van der Waals surface area contributed by atoms with E-state index >= 15 is 0 Å². The molecule has 0 aliphatic carbocycles. The second-order valence-corrected chi connectivity index (χ2v) is 4.76. The third-order valence-corrected chi connectivity index (χ3v) is 3.25. The van der Waals surface area contributed by atoms with Gasteiger partial charge in [0.05, 0.1) is 17.0 Å². The molecular formula is C17H13N2O3-. The number of para-hydroxylation sites is 2. The van der Waals surface area contributed by atoms with E-state index in [4.69, 9.17) is 4.42 Å². The van der Waals surface area contributed by atoms with E-state index in [1.807, 2.05) is 30.3 Å². The zero-order valence-corrected chi connectivity index (χ0v) is 11.9. The Hall–Kier alpha value is -3.08. The van der Waals surface area contributed by atoms with Gasteiger partial charge in [-0.25, -0.2) is 4.79 Å². The number of hydrogen-bond donors (Lipinski definition) is 1. The quantitative estimate of drug-likeness (QED) is 0.457. The average molecular weight is 293 g/mol. The SMILES string of the molecule is C/C(=N/Nc1ccccc1)c1c([O-])c2ccccc2oc1=O. The molecule has 0 saturated carbocycles. The van der Waals surface area contributed by atoms with Crippen LogP contribution in [0.1, 0.15) is 12.5 Å². The van der Waals surface area contributed by atoms with E-state index in [-0.39, 0.29) is 22.6 Å². The highest BCUT2D eigenvalue weighted by atomic mass is 16.4. The molecule has 0 spiro atoms.